The number of aliphatic hydroxyl groups is 1. The average Bonchev–Trinajstić information content (AvgIpc) is 3.04. The number of nitrogens with zero attached hydrogens (tertiary/aromatic N) is 2. The van der Waals surface area contributed by atoms with Gasteiger partial charge in [-0.25, -0.2) is 4.98 Å². The largest absolute Gasteiger partial charge is 0.462 e. The molecule has 2 aromatic heterocycles. The van der Waals surface area contributed by atoms with Crippen LogP contribution in [0.1, 0.15) is 43.7 Å². The van der Waals surface area contributed by atoms with Gasteiger partial charge < -0.3 is 9.52 Å². The van der Waals surface area contributed by atoms with Gasteiger partial charge >= 0.3 is 0 Å². The summed E-state index contributed by atoms with van der Waals surface area (Å²) in [5.74, 6) is 2.79. The number of hydrogen-bond donors (Lipinski definition) is 2. The highest BCUT2D eigenvalue weighted by Crippen LogP contribution is 2.16. The van der Waals surface area contributed by atoms with Gasteiger partial charge in [0.2, 0.25) is 0 Å². The minimum Gasteiger partial charge on any atom is -0.462 e. The lowest BCUT2D eigenvalue weighted by molar-refractivity contribution is 0.219. The Bertz CT molecular complexity index is 515. The molecule has 0 fully saturated rings. The number of H-pyrrole nitrogens is 1. The lowest BCUT2D eigenvalue weighted by Crippen LogP contribution is -1.95. The summed E-state index contributed by atoms with van der Waals surface area (Å²) in [6, 6.07) is 3.88. The Morgan fingerprint density at radius 1 is 1.42 bits per heavy atom. The second-order valence-corrected chi connectivity index (χ2v) is 4.91. The van der Waals surface area contributed by atoms with Crippen molar-refractivity contribution in [2.24, 2.45) is 5.92 Å². The van der Waals surface area contributed by atoms with Crippen molar-refractivity contribution in [3.05, 3.63) is 41.9 Å². The van der Waals surface area contributed by atoms with E-state index in [9.17, 15) is 5.11 Å². The fraction of sp³-hybridized carbons (Fsp3) is 0.429. The summed E-state index contributed by atoms with van der Waals surface area (Å²) in [7, 11) is 0. The second-order valence-electron chi connectivity index (χ2n) is 4.91. The van der Waals surface area contributed by atoms with E-state index in [0.717, 1.165) is 24.4 Å². The summed E-state index contributed by atoms with van der Waals surface area (Å²) in [4.78, 5) is 3.88. The van der Waals surface area contributed by atoms with Gasteiger partial charge in [0, 0.05) is 6.42 Å². The number of hydrogen-bond acceptors (Lipinski definition) is 4. The molecule has 0 aliphatic carbocycles. The van der Waals surface area contributed by atoms with Crippen LogP contribution in [0.2, 0.25) is 0 Å². The number of aromatic amines is 1. The van der Waals surface area contributed by atoms with E-state index in [1.807, 2.05) is 12.1 Å². The lowest BCUT2D eigenvalue weighted by atomic mass is 10.1. The van der Waals surface area contributed by atoms with Gasteiger partial charge in [0.1, 0.15) is 24.0 Å². The van der Waals surface area contributed by atoms with Crippen LogP contribution in [0, 0.1) is 5.92 Å². The highest BCUT2D eigenvalue weighted by Gasteiger charge is 2.06. The van der Waals surface area contributed by atoms with Gasteiger partial charge in [-0.05, 0) is 36.6 Å². The maximum Gasteiger partial charge on any atom is 0.157 e. The maximum absolute atomic E-state index is 9.79. The average molecular weight is 261 g/mol. The zero-order chi connectivity index (χ0) is 13.7. The van der Waals surface area contributed by atoms with Crippen molar-refractivity contribution in [1.29, 1.82) is 0 Å². The van der Waals surface area contributed by atoms with E-state index in [0.29, 0.717) is 11.7 Å². The predicted octanol–water partition coefficient (Wildman–Crippen LogP) is 2.73. The van der Waals surface area contributed by atoms with Crippen LogP contribution >= 0.6 is 0 Å². The van der Waals surface area contributed by atoms with Crippen LogP contribution in [0.25, 0.3) is 6.08 Å². The SMILES string of the molecule is CC(C)CCc1ccc(C=CC(O)c2ncn[nH]2)o1. The summed E-state index contributed by atoms with van der Waals surface area (Å²) >= 11 is 0. The molecule has 19 heavy (non-hydrogen) atoms. The molecule has 5 heteroatoms. The molecule has 0 radical (unpaired) electrons. The monoisotopic (exact) mass is 261 g/mol. The van der Waals surface area contributed by atoms with Gasteiger partial charge in [0.05, 0.1) is 0 Å². The molecule has 0 aliphatic heterocycles. The quantitative estimate of drug-likeness (QED) is 0.838. The molecular formula is C14H19N3O2. The Labute approximate surface area is 112 Å². The molecule has 0 saturated heterocycles. The standard InChI is InChI=1S/C14H19N3O2/c1-10(2)3-4-11-5-6-12(19-11)7-8-13(18)14-15-9-16-17-14/h5-10,13,18H,3-4H2,1-2H3,(H,15,16,17). The second kappa shape index (κ2) is 6.33. The fourth-order valence-corrected chi connectivity index (χ4v) is 1.68. The number of furan rings is 1. The van der Waals surface area contributed by atoms with Crippen molar-refractivity contribution in [3.8, 4) is 0 Å². The normalized spacial score (nSPS) is 13.5. The zero-order valence-electron chi connectivity index (χ0n) is 11.2. The van der Waals surface area contributed by atoms with E-state index in [1.54, 1.807) is 12.2 Å². The third kappa shape index (κ3) is 4.06. The first-order chi connectivity index (χ1) is 9.15. The van der Waals surface area contributed by atoms with Gasteiger partial charge in [-0.2, -0.15) is 5.10 Å². The maximum atomic E-state index is 9.79. The van der Waals surface area contributed by atoms with E-state index in [2.05, 4.69) is 29.0 Å². The molecule has 2 N–H and O–H groups in total. The molecule has 2 heterocycles. The molecule has 0 aliphatic rings. The van der Waals surface area contributed by atoms with Crippen LogP contribution in [0.5, 0.6) is 0 Å². The van der Waals surface area contributed by atoms with Crippen LogP contribution in [0.4, 0.5) is 0 Å². The number of aliphatic hydroxyl groups excluding tert-OH is 1. The first-order valence-corrected chi connectivity index (χ1v) is 6.45. The van der Waals surface area contributed by atoms with E-state index in [1.165, 1.54) is 6.33 Å². The number of aryl methyl sites for hydroxylation is 1. The summed E-state index contributed by atoms with van der Waals surface area (Å²) in [5.41, 5.74) is 0. The van der Waals surface area contributed by atoms with Crippen molar-refractivity contribution in [2.45, 2.75) is 32.8 Å². The van der Waals surface area contributed by atoms with Crippen LogP contribution in [0.15, 0.2) is 29.0 Å². The summed E-state index contributed by atoms with van der Waals surface area (Å²) in [5, 5.41) is 16.1. The fourth-order valence-electron chi connectivity index (χ4n) is 1.68. The number of aromatic nitrogens is 3. The Balaban J connectivity index is 1.92. The Morgan fingerprint density at radius 2 is 2.26 bits per heavy atom. The third-order valence-electron chi connectivity index (χ3n) is 2.81. The van der Waals surface area contributed by atoms with Crippen molar-refractivity contribution in [3.63, 3.8) is 0 Å². The lowest BCUT2D eigenvalue weighted by Gasteiger charge is -2.01. The van der Waals surface area contributed by atoms with Gasteiger partial charge in [0.15, 0.2) is 5.82 Å². The van der Waals surface area contributed by atoms with E-state index >= 15 is 0 Å². The molecule has 0 aromatic carbocycles. The molecule has 0 spiro atoms. The van der Waals surface area contributed by atoms with Crippen molar-refractivity contribution >= 4 is 6.08 Å². The first-order valence-electron chi connectivity index (χ1n) is 6.45. The molecular weight excluding hydrogens is 242 g/mol. The molecule has 102 valence electrons. The van der Waals surface area contributed by atoms with Gasteiger partial charge in [-0.3, -0.25) is 5.10 Å². The van der Waals surface area contributed by atoms with Crippen LogP contribution in [-0.4, -0.2) is 20.3 Å². The highest BCUT2D eigenvalue weighted by atomic mass is 16.3. The Hall–Kier alpha value is -1.88. The van der Waals surface area contributed by atoms with Crippen molar-refractivity contribution < 1.29 is 9.52 Å². The minimum atomic E-state index is -0.799. The molecule has 1 unspecified atom stereocenters. The van der Waals surface area contributed by atoms with Crippen LogP contribution in [-0.2, 0) is 6.42 Å². The molecule has 2 rings (SSSR count). The Kier molecular flexibility index (Phi) is 4.52. The smallest absolute Gasteiger partial charge is 0.157 e. The topological polar surface area (TPSA) is 74.9 Å². The van der Waals surface area contributed by atoms with Crippen molar-refractivity contribution in [1.82, 2.24) is 15.2 Å². The van der Waals surface area contributed by atoms with E-state index in [4.69, 9.17) is 4.42 Å². The predicted molar refractivity (Wildman–Crippen MR) is 72.2 cm³/mol. The Morgan fingerprint density at radius 3 is 2.95 bits per heavy atom. The van der Waals surface area contributed by atoms with Gasteiger partial charge in [-0.15, -0.1) is 0 Å². The molecule has 2 aromatic rings. The molecule has 1 atom stereocenters. The minimum absolute atomic E-state index is 0.419. The zero-order valence-corrected chi connectivity index (χ0v) is 11.2. The van der Waals surface area contributed by atoms with E-state index in [-0.39, 0.29) is 0 Å². The van der Waals surface area contributed by atoms with Crippen LogP contribution < -0.4 is 0 Å². The van der Waals surface area contributed by atoms with Gasteiger partial charge in [0.25, 0.3) is 0 Å². The molecule has 0 bridgehead atoms. The first kappa shape index (κ1) is 13.5. The molecule has 0 saturated carbocycles. The van der Waals surface area contributed by atoms with Crippen LogP contribution in [0.3, 0.4) is 0 Å². The summed E-state index contributed by atoms with van der Waals surface area (Å²) < 4.78 is 5.66. The van der Waals surface area contributed by atoms with E-state index < -0.39 is 6.10 Å². The molecule has 0 amide bonds. The highest BCUT2D eigenvalue weighted by molar-refractivity contribution is 5.44. The molecule has 5 nitrogen and oxygen atoms in total. The van der Waals surface area contributed by atoms with Crippen molar-refractivity contribution in [2.75, 3.05) is 0 Å². The third-order valence-corrected chi connectivity index (χ3v) is 2.81. The van der Waals surface area contributed by atoms with Gasteiger partial charge in [-0.1, -0.05) is 13.8 Å². The number of nitrogens with one attached hydrogen (secondary N) is 1. The summed E-state index contributed by atoms with van der Waals surface area (Å²) in [6.45, 7) is 4.38. The number of rotatable bonds is 6. The summed E-state index contributed by atoms with van der Waals surface area (Å²) in [6.07, 6.45) is 5.97.